The van der Waals surface area contributed by atoms with Crippen molar-refractivity contribution in [3.63, 3.8) is 0 Å². The van der Waals surface area contributed by atoms with Gasteiger partial charge in [0.05, 0.1) is 35.2 Å². The average Bonchev–Trinajstić information content (AvgIpc) is 2.70. The monoisotopic (exact) mass is 462 g/mol. The van der Waals surface area contributed by atoms with E-state index in [0.29, 0.717) is 37.0 Å². The van der Waals surface area contributed by atoms with Crippen LogP contribution in [-0.2, 0) is 15.7 Å². The Labute approximate surface area is 181 Å². The van der Waals surface area contributed by atoms with Gasteiger partial charge in [-0.1, -0.05) is 23.2 Å². The zero-order valence-corrected chi connectivity index (χ0v) is 17.4. The molecule has 30 heavy (non-hydrogen) atoms. The van der Waals surface area contributed by atoms with Crippen LogP contribution in [0.4, 0.5) is 24.5 Å². The third-order valence-corrected chi connectivity index (χ3v) is 5.03. The molecule has 162 valence electrons. The lowest BCUT2D eigenvalue weighted by Gasteiger charge is -2.31. The zero-order valence-electron chi connectivity index (χ0n) is 15.9. The number of amides is 1. The van der Waals surface area contributed by atoms with Gasteiger partial charge in [0.25, 0.3) is 5.91 Å². The Morgan fingerprint density at radius 2 is 1.87 bits per heavy atom. The summed E-state index contributed by atoms with van der Waals surface area (Å²) in [4.78, 5) is 14.5. The minimum Gasteiger partial charge on any atom is -0.479 e. The molecule has 0 saturated carbocycles. The molecule has 1 N–H and O–H groups in total. The van der Waals surface area contributed by atoms with Gasteiger partial charge in [-0.3, -0.25) is 4.79 Å². The standard InChI is InChI=1S/C20H19Cl2F3N2O3/c1-12(30-18-5-3-14(21)11-15(18)22)19(28)26-16-10-13(20(23,24)25)2-4-17(16)27-6-8-29-9-7-27/h2-5,10-12H,6-9H2,1H3,(H,26,28)/t12-/m1/s1. The number of carbonyl (C=O) groups excluding carboxylic acids is 1. The highest BCUT2D eigenvalue weighted by Gasteiger charge is 2.32. The van der Waals surface area contributed by atoms with E-state index in [-0.39, 0.29) is 16.5 Å². The van der Waals surface area contributed by atoms with Crippen LogP contribution >= 0.6 is 23.2 Å². The molecule has 3 rings (SSSR count). The summed E-state index contributed by atoms with van der Waals surface area (Å²) < 4.78 is 50.5. The van der Waals surface area contributed by atoms with Gasteiger partial charge in [0.1, 0.15) is 5.75 Å². The molecule has 1 fully saturated rings. The second-order valence-corrected chi connectivity index (χ2v) is 7.50. The Kier molecular flexibility index (Phi) is 7.00. The van der Waals surface area contributed by atoms with Crippen LogP contribution in [0.5, 0.6) is 5.75 Å². The van der Waals surface area contributed by atoms with Crippen molar-refractivity contribution in [2.24, 2.45) is 0 Å². The summed E-state index contributed by atoms with van der Waals surface area (Å²) in [7, 11) is 0. The summed E-state index contributed by atoms with van der Waals surface area (Å²) >= 11 is 11.9. The van der Waals surface area contributed by atoms with Crippen molar-refractivity contribution in [3.8, 4) is 5.75 Å². The normalized spacial score (nSPS) is 15.6. The molecule has 10 heteroatoms. The first-order chi connectivity index (χ1) is 14.1. The molecule has 1 heterocycles. The molecule has 0 unspecified atom stereocenters. The number of halogens is 5. The Bertz CT molecular complexity index is 919. The summed E-state index contributed by atoms with van der Waals surface area (Å²) in [6.45, 7) is 3.37. The van der Waals surface area contributed by atoms with Crippen LogP contribution in [0.25, 0.3) is 0 Å². The number of nitrogens with one attached hydrogen (secondary N) is 1. The predicted molar refractivity (Wildman–Crippen MR) is 110 cm³/mol. The Hall–Kier alpha value is -2.16. The van der Waals surface area contributed by atoms with Crippen LogP contribution < -0.4 is 15.0 Å². The highest BCUT2D eigenvalue weighted by Crippen LogP contribution is 2.36. The molecule has 1 aliphatic heterocycles. The van der Waals surface area contributed by atoms with E-state index in [9.17, 15) is 18.0 Å². The van der Waals surface area contributed by atoms with E-state index in [1.165, 1.54) is 25.1 Å². The van der Waals surface area contributed by atoms with E-state index >= 15 is 0 Å². The number of ether oxygens (including phenoxy) is 2. The van der Waals surface area contributed by atoms with E-state index in [4.69, 9.17) is 32.7 Å². The van der Waals surface area contributed by atoms with Crippen LogP contribution in [0.1, 0.15) is 12.5 Å². The average molecular weight is 463 g/mol. The van der Waals surface area contributed by atoms with Crippen molar-refractivity contribution in [1.29, 1.82) is 0 Å². The molecule has 1 saturated heterocycles. The first-order valence-corrected chi connectivity index (χ1v) is 9.87. The summed E-state index contributed by atoms with van der Waals surface area (Å²) in [5.74, 6) is -0.379. The van der Waals surface area contributed by atoms with Crippen molar-refractivity contribution in [2.75, 3.05) is 36.5 Å². The molecule has 0 aliphatic carbocycles. The van der Waals surface area contributed by atoms with E-state index < -0.39 is 23.8 Å². The highest BCUT2D eigenvalue weighted by atomic mass is 35.5. The van der Waals surface area contributed by atoms with Crippen molar-refractivity contribution in [3.05, 3.63) is 52.0 Å². The quantitative estimate of drug-likeness (QED) is 0.658. The van der Waals surface area contributed by atoms with Crippen molar-refractivity contribution >= 4 is 40.5 Å². The minimum atomic E-state index is -4.54. The molecule has 2 aromatic carbocycles. The smallest absolute Gasteiger partial charge is 0.416 e. The number of carbonyl (C=O) groups is 1. The predicted octanol–water partition coefficient (Wildman–Crippen LogP) is 5.25. The van der Waals surface area contributed by atoms with Gasteiger partial charge in [-0.2, -0.15) is 13.2 Å². The molecule has 1 amide bonds. The molecule has 1 atom stereocenters. The Balaban J connectivity index is 1.82. The van der Waals surface area contributed by atoms with Crippen LogP contribution in [0.3, 0.4) is 0 Å². The van der Waals surface area contributed by atoms with Crippen LogP contribution in [-0.4, -0.2) is 38.3 Å². The number of hydrogen-bond acceptors (Lipinski definition) is 4. The molecule has 0 radical (unpaired) electrons. The van der Waals surface area contributed by atoms with E-state index in [1.54, 1.807) is 6.07 Å². The second-order valence-electron chi connectivity index (χ2n) is 6.65. The van der Waals surface area contributed by atoms with Crippen LogP contribution in [0.15, 0.2) is 36.4 Å². The number of hydrogen-bond donors (Lipinski definition) is 1. The fourth-order valence-corrected chi connectivity index (χ4v) is 3.39. The van der Waals surface area contributed by atoms with E-state index in [0.717, 1.165) is 12.1 Å². The van der Waals surface area contributed by atoms with Gasteiger partial charge in [-0.05, 0) is 43.3 Å². The minimum absolute atomic E-state index is 0.0504. The summed E-state index contributed by atoms with van der Waals surface area (Å²) in [6, 6.07) is 7.80. The molecule has 0 spiro atoms. The van der Waals surface area contributed by atoms with Crippen LogP contribution in [0, 0.1) is 0 Å². The third kappa shape index (κ3) is 5.50. The topological polar surface area (TPSA) is 50.8 Å². The molecule has 0 aromatic heterocycles. The van der Waals surface area contributed by atoms with Gasteiger partial charge in [-0.25, -0.2) is 0 Å². The number of benzene rings is 2. The molecule has 1 aliphatic rings. The second kappa shape index (κ2) is 9.32. The lowest BCUT2D eigenvalue weighted by Crippen LogP contribution is -2.37. The Morgan fingerprint density at radius 3 is 2.50 bits per heavy atom. The van der Waals surface area contributed by atoms with Crippen molar-refractivity contribution < 1.29 is 27.4 Å². The van der Waals surface area contributed by atoms with Gasteiger partial charge in [0.15, 0.2) is 6.10 Å². The maximum atomic E-state index is 13.2. The van der Waals surface area contributed by atoms with E-state index in [1.807, 2.05) is 4.90 Å². The van der Waals surface area contributed by atoms with Crippen LogP contribution in [0.2, 0.25) is 10.0 Å². The van der Waals surface area contributed by atoms with Gasteiger partial charge in [0.2, 0.25) is 0 Å². The number of anilines is 2. The molecular formula is C20H19Cl2F3N2O3. The van der Waals surface area contributed by atoms with Gasteiger partial charge in [-0.15, -0.1) is 0 Å². The lowest BCUT2D eigenvalue weighted by molar-refractivity contribution is -0.137. The lowest BCUT2D eigenvalue weighted by atomic mass is 10.1. The number of alkyl halides is 3. The summed E-state index contributed by atoms with van der Waals surface area (Å²) in [5, 5.41) is 3.18. The van der Waals surface area contributed by atoms with Gasteiger partial charge >= 0.3 is 6.18 Å². The maximum absolute atomic E-state index is 13.2. The van der Waals surface area contributed by atoms with Gasteiger partial charge in [0, 0.05) is 18.1 Å². The first kappa shape index (κ1) is 22.5. The summed E-state index contributed by atoms with van der Waals surface area (Å²) in [6.07, 6.45) is -5.56. The molecule has 0 bridgehead atoms. The summed E-state index contributed by atoms with van der Waals surface area (Å²) in [5.41, 5.74) is -0.324. The van der Waals surface area contributed by atoms with Crippen molar-refractivity contribution in [2.45, 2.75) is 19.2 Å². The molecule has 5 nitrogen and oxygen atoms in total. The fourth-order valence-electron chi connectivity index (χ4n) is 2.94. The number of morpholine rings is 1. The highest BCUT2D eigenvalue weighted by molar-refractivity contribution is 6.35. The number of nitrogens with zero attached hydrogens (tertiary/aromatic N) is 1. The largest absolute Gasteiger partial charge is 0.479 e. The maximum Gasteiger partial charge on any atom is 0.416 e. The zero-order chi connectivity index (χ0) is 21.9. The SMILES string of the molecule is C[C@@H](Oc1ccc(Cl)cc1Cl)C(=O)Nc1cc(C(F)(F)F)ccc1N1CCOCC1. The third-order valence-electron chi connectivity index (χ3n) is 4.50. The molecular weight excluding hydrogens is 444 g/mol. The van der Waals surface area contributed by atoms with E-state index in [2.05, 4.69) is 5.32 Å². The fraction of sp³-hybridized carbons (Fsp3) is 0.350. The number of rotatable bonds is 5. The van der Waals surface area contributed by atoms with Gasteiger partial charge < -0.3 is 19.7 Å². The first-order valence-electron chi connectivity index (χ1n) is 9.11. The Morgan fingerprint density at radius 1 is 1.17 bits per heavy atom. The van der Waals surface area contributed by atoms with Crippen molar-refractivity contribution in [1.82, 2.24) is 0 Å². The molecule has 2 aromatic rings.